The standard InChI is InChI=1S/C17H15FN4O/c1-11-7-3-6-10-15(11)22-12(2)19-16(21-22)17(23)20-14-9-5-4-8-13(14)18/h3-10H,1-2H3,(H,20,23). The SMILES string of the molecule is Cc1ccccc1-n1nc(C(=O)Nc2ccccc2F)nc1C. The smallest absolute Gasteiger partial charge is 0.295 e. The van der Waals surface area contributed by atoms with Crippen molar-refractivity contribution >= 4 is 11.6 Å². The van der Waals surface area contributed by atoms with Crippen LogP contribution in [0.5, 0.6) is 0 Å². The number of nitrogens with one attached hydrogen (secondary N) is 1. The molecule has 0 atom stereocenters. The number of carbonyl (C=O) groups is 1. The fraction of sp³-hybridized carbons (Fsp3) is 0.118. The van der Waals surface area contributed by atoms with E-state index in [1.807, 2.05) is 31.2 Å². The van der Waals surface area contributed by atoms with Gasteiger partial charge in [0, 0.05) is 0 Å². The zero-order valence-corrected chi connectivity index (χ0v) is 12.7. The number of anilines is 1. The number of para-hydroxylation sites is 2. The van der Waals surface area contributed by atoms with E-state index in [9.17, 15) is 9.18 Å². The average molecular weight is 310 g/mol. The number of aromatic nitrogens is 3. The molecule has 0 aliphatic heterocycles. The molecular weight excluding hydrogens is 295 g/mol. The summed E-state index contributed by atoms with van der Waals surface area (Å²) in [6.07, 6.45) is 0. The van der Waals surface area contributed by atoms with Crippen LogP contribution in [0.25, 0.3) is 5.69 Å². The average Bonchev–Trinajstić information content (AvgIpc) is 2.92. The molecule has 0 saturated heterocycles. The first-order valence-electron chi connectivity index (χ1n) is 7.12. The molecule has 3 aromatic rings. The number of halogens is 1. The fourth-order valence-electron chi connectivity index (χ4n) is 2.26. The van der Waals surface area contributed by atoms with Crippen molar-refractivity contribution in [1.82, 2.24) is 14.8 Å². The molecule has 23 heavy (non-hydrogen) atoms. The molecule has 0 radical (unpaired) electrons. The zero-order valence-electron chi connectivity index (χ0n) is 12.7. The summed E-state index contributed by atoms with van der Waals surface area (Å²) in [6, 6.07) is 13.6. The second-order valence-corrected chi connectivity index (χ2v) is 5.11. The van der Waals surface area contributed by atoms with E-state index in [1.165, 1.54) is 12.1 Å². The first-order valence-corrected chi connectivity index (χ1v) is 7.12. The number of amides is 1. The Bertz CT molecular complexity index is 873. The van der Waals surface area contributed by atoms with Gasteiger partial charge in [0.15, 0.2) is 0 Å². The Balaban J connectivity index is 1.90. The summed E-state index contributed by atoms with van der Waals surface area (Å²) in [5.41, 5.74) is 1.96. The van der Waals surface area contributed by atoms with Crippen molar-refractivity contribution in [1.29, 1.82) is 0 Å². The van der Waals surface area contributed by atoms with Gasteiger partial charge in [0.05, 0.1) is 11.4 Å². The van der Waals surface area contributed by atoms with E-state index in [4.69, 9.17) is 0 Å². The van der Waals surface area contributed by atoms with Crippen LogP contribution in [0, 0.1) is 19.7 Å². The molecule has 1 amide bonds. The Morgan fingerprint density at radius 2 is 1.78 bits per heavy atom. The number of benzene rings is 2. The molecule has 116 valence electrons. The van der Waals surface area contributed by atoms with E-state index in [1.54, 1.807) is 23.7 Å². The van der Waals surface area contributed by atoms with Crippen LogP contribution >= 0.6 is 0 Å². The summed E-state index contributed by atoms with van der Waals surface area (Å²) in [5.74, 6) is -0.478. The van der Waals surface area contributed by atoms with Crippen molar-refractivity contribution in [2.45, 2.75) is 13.8 Å². The zero-order chi connectivity index (χ0) is 16.4. The maximum Gasteiger partial charge on any atom is 0.295 e. The lowest BCUT2D eigenvalue weighted by atomic mass is 10.2. The monoisotopic (exact) mass is 310 g/mol. The predicted octanol–water partition coefficient (Wildman–Crippen LogP) is 3.28. The molecule has 0 spiro atoms. The third-order valence-electron chi connectivity index (χ3n) is 3.44. The Kier molecular flexibility index (Phi) is 3.89. The minimum absolute atomic E-state index is 0.00555. The molecule has 0 saturated carbocycles. The highest BCUT2D eigenvalue weighted by molar-refractivity contribution is 6.01. The third-order valence-corrected chi connectivity index (χ3v) is 3.44. The molecule has 1 heterocycles. The minimum Gasteiger partial charge on any atom is -0.317 e. The van der Waals surface area contributed by atoms with Gasteiger partial charge in [-0.25, -0.2) is 14.1 Å². The molecule has 2 aromatic carbocycles. The highest BCUT2D eigenvalue weighted by Crippen LogP contribution is 2.16. The molecule has 1 aromatic heterocycles. The van der Waals surface area contributed by atoms with E-state index < -0.39 is 11.7 Å². The molecular formula is C17H15FN4O. The van der Waals surface area contributed by atoms with Crippen LogP contribution in [-0.4, -0.2) is 20.7 Å². The summed E-state index contributed by atoms with van der Waals surface area (Å²) in [6.45, 7) is 3.72. The summed E-state index contributed by atoms with van der Waals surface area (Å²) in [7, 11) is 0. The van der Waals surface area contributed by atoms with Crippen LogP contribution in [0.4, 0.5) is 10.1 Å². The number of aryl methyl sites for hydroxylation is 2. The van der Waals surface area contributed by atoms with Crippen LogP contribution in [0.15, 0.2) is 48.5 Å². The molecule has 0 aliphatic carbocycles. The van der Waals surface area contributed by atoms with Gasteiger partial charge in [-0.2, -0.15) is 0 Å². The van der Waals surface area contributed by atoms with Gasteiger partial charge in [0.25, 0.3) is 5.91 Å². The highest BCUT2D eigenvalue weighted by Gasteiger charge is 2.17. The van der Waals surface area contributed by atoms with Gasteiger partial charge in [-0.15, -0.1) is 5.10 Å². The van der Waals surface area contributed by atoms with Gasteiger partial charge in [0.1, 0.15) is 11.6 Å². The maximum absolute atomic E-state index is 13.6. The molecule has 0 aliphatic rings. The van der Waals surface area contributed by atoms with E-state index in [2.05, 4.69) is 15.4 Å². The van der Waals surface area contributed by atoms with Gasteiger partial charge in [0.2, 0.25) is 5.82 Å². The maximum atomic E-state index is 13.6. The van der Waals surface area contributed by atoms with Gasteiger partial charge in [-0.05, 0) is 37.6 Å². The summed E-state index contributed by atoms with van der Waals surface area (Å²) in [4.78, 5) is 16.4. The number of nitrogens with zero attached hydrogens (tertiary/aromatic N) is 3. The topological polar surface area (TPSA) is 59.8 Å². The van der Waals surface area contributed by atoms with Gasteiger partial charge in [-0.3, -0.25) is 4.79 Å². The first kappa shape index (κ1) is 14.9. The quantitative estimate of drug-likeness (QED) is 0.807. The largest absolute Gasteiger partial charge is 0.317 e. The van der Waals surface area contributed by atoms with Crippen molar-refractivity contribution in [2.75, 3.05) is 5.32 Å². The van der Waals surface area contributed by atoms with Crippen LogP contribution in [0.1, 0.15) is 22.0 Å². The molecule has 0 fully saturated rings. The molecule has 1 N–H and O–H groups in total. The summed E-state index contributed by atoms with van der Waals surface area (Å²) < 4.78 is 15.2. The second-order valence-electron chi connectivity index (χ2n) is 5.11. The number of hydrogen-bond acceptors (Lipinski definition) is 3. The van der Waals surface area contributed by atoms with Crippen LogP contribution in [0.3, 0.4) is 0 Å². The van der Waals surface area contributed by atoms with Gasteiger partial charge >= 0.3 is 0 Å². The van der Waals surface area contributed by atoms with Gasteiger partial charge in [-0.1, -0.05) is 30.3 Å². The first-order chi connectivity index (χ1) is 11.1. The van der Waals surface area contributed by atoms with Crippen molar-refractivity contribution < 1.29 is 9.18 Å². The van der Waals surface area contributed by atoms with Crippen LogP contribution in [0.2, 0.25) is 0 Å². The molecule has 0 unspecified atom stereocenters. The third kappa shape index (κ3) is 2.96. The minimum atomic E-state index is -0.550. The van der Waals surface area contributed by atoms with Crippen molar-refractivity contribution in [2.24, 2.45) is 0 Å². The lowest BCUT2D eigenvalue weighted by molar-refractivity contribution is 0.101. The van der Waals surface area contributed by atoms with Crippen molar-refractivity contribution in [3.05, 3.63) is 71.6 Å². The summed E-state index contributed by atoms with van der Waals surface area (Å²) in [5, 5.41) is 6.72. The number of hydrogen-bond donors (Lipinski definition) is 1. The normalized spacial score (nSPS) is 10.6. The lowest BCUT2D eigenvalue weighted by Gasteiger charge is -2.06. The fourth-order valence-corrected chi connectivity index (χ4v) is 2.26. The molecule has 6 heteroatoms. The van der Waals surface area contributed by atoms with Crippen LogP contribution in [-0.2, 0) is 0 Å². The molecule has 3 rings (SSSR count). The Morgan fingerprint density at radius 1 is 1.09 bits per heavy atom. The van der Waals surface area contributed by atoms with E-state index in [0.29, 0.717) is 5.82 Å². The molecule has 5 nitrogen and oxygen atoms in total. The Morgan fingerprint density at radius 3 is 2.52 bits per heavy atom. The number of carbonyl (C=O) groups excluding carboxylic acids is 1. The second kappa shape index (κ2) is 6.00. The highest BCUT2D eigenvalue weighted by atomic mass is 19.1. The van der Waals surface area contributed by atoms with E-state index in [0.717, 1.165) is 11.3 Å². The Labute approximate surface area is 132 Å². The predicted molar refractivity (Wildman–Crippen MR) is 85.2 cm³/mol. The lowest BCUT2D eigenvalue weighted by Crippen LogP contribution is -2.15. The van der Waals surface area contributed by atoms with Crippen molar-refractivity contribution in [3.8, 4) is 5.69 Å². The van der Waals surface area contributed by atoms with Crippen LogP contribution < -0.4 is 5.32 Å². The van der Waals surface area contributed by atoms with E-state index in [-0.39, 0.29) is 11.5 Å². The van der Waals surface area contributed by atoms with Gasteiger partial charge < -0.3 is 5.32 Å². The molecule has 0 bridgehead atoms. The summed E-state index contributed by atoms with van der Waals surface area (Å²) >= 11 is 0. The van der Waals surface area contributed by atoms with Crippen molar-refractivity contribution in [3.63, 3.8) is 0 Å². The van der Waals surface area contributed by atoms with E-state index >= 15 is 0 Å². The number of rotatable bonds is 3. The Hall–Kier alpha value is -3.02.